The minimum Gasteiger partial charge on any atom is -0.477 e. The Labute approximate surface area is 143 Å². The van der Waals surface area contributed by atoms with Gasteiger partial charge in [0.1, 0.15) is 5.60 Å². The molecule has 2 aliphatic rings. The second kappa shape index (κ2) is 6.93. The van der Waals surface area contributed by atoms with Gasteiger partial charge in [0.05, 0.1) is 31.6 Å². The molecule has 3 rings (SSSR count). The van der Waals surface area contributed by atoms with Crippen molar-refractivity contribution in [1.29, 1.82) is 0 Å². The number of ether oxygens (including phenoxy) is 2. The number of hydrogen-bond donors (Lipinski definition) is 0. The van der Waals surface area contributed by atoms with Crippen LogP contribution in [0.1, 0.15) is 25.0 Å². The van der Waals surface area contributed by atoms with Crippen LogP contribution in [0, 0.1) is 12.8 Å². The van der Waals surface area contributed by atoms with Crippen LogP contribution in [-0.4, -0.2) is 71.8 Å². The summed E-state index contributed by atoms with van der Waals surface area (Å²) in [7, 11) is 3.56. The fraction of sp³-hybridized carbons (Fsp3) is 0.706. The molecular formula is C17H26N4O3. The molecule has 1 spiro atoms. The summed E-state index contributed by atoms with van der Waals surface area (Å²) in [5.74, 6) is 1.15. The first-order chi connectivity index (χ1) is 11.5. The smallest absolute Gasteiger partial charge is 0.319 e. The van der Waals surface area contributed by atoms with Crippen molar-refractivity contribution in [2.45, 2.75) is 31.8 Å². The molecule has 1 aromatic heterocycles. The predicted octanol–water partition coefficient (Wildman–Crippen LogP) is 1.72. The molecule has 2 saturated heterocycles. The zero-order valence-corrected chi connectivity index (χ0v) is 14.7. The summed E-state index contributed by atoms with van der Waals surface area (Å²) in [6.07, 6.45) is 6.38. The monoisotopic (exact) mass is 334 g/mol. The van der Waals surface area contributed by atoms with Gasteiger partial charge in [0, 0.05) is 26.9 Å². The van der Waals surface area contributed by atoms with E-state index in [4.69, 9.17) is 9.47 Å². The number of carbonyl (C=O) groups is 1. The first-order valence-corrected chi connectivity index (χ1v) is 8.49. The van der Waals surface area contributed by atoms with Crippen LogP contribution in [0.25, 0.3) is 0 Å². The van der Waals surface area contributed by atoms with E-state index < -0.39 is 0 Å². The number of carbonyl (C=O) groups excluding carboxylic acids is 1. The van der Waals surface area contributed by atoms with Gasteiger partial charge in [0.15, 0.2) is 0 Å². The van der Waals surface area contributed by atoms with Crippen LogP contribution in [0.15, 0.2) is 12.4 Å². The maximum absolute atomic E-state index is 12.0. The number of aryl methyl sites for hydroxylation is 1. The molecule has 7 nitrogen and oxygen atoms in total. The largest absolute Gasteiger partial charge is 0.477 e. The normalized spacial score (nSPS) is 22.1. The van der Waals surface area contributed by atoms with Gasteiger partial charge >= 0.3 is 6.03 Å². The van der Waals surface area contributed by atoms with Crippen molar-refractivity contribution in [3.63, 3.8) is 0 Å². The quantitative estimate of drug-likeness (QED) is 0.839. The summed E-state index contributed by atoms with van der Waals surface area (Å²) in [4.78, 5) is 23.8. The highest BCUT2D eigenvalue weighted by molar-refractivity contribution is 5.75. The molecule has 132 valence electrons. The molecule has 0 aliphatic carbocycles. The van der Waals surface area contributed by atoms with E-state index in [1.165, 1.54) is 0 Å². The SMILES string of the molecule is Cc1cncc(OCCC2CCOC3(C2)CN(C(=O)N(C)C)C3)n1. The van der Waals surface area contributed by atoms with E-state index in [0.717, 1.165) is 31.6 Å². The summed E-state index contributed by atoms with van der Waals surface area (Å²) in [5, 5.41) is 0. The molecular weight excluding hydrogens is 308 g/mol. The summed E-state index contributed by atoms with van der Waals surface area (Å²) in [6.45, 7) is 4.70. The number of aromatic nitrogens is 2. The van der Waals surface area contributed by atoms with Gasteiger partial charge < -0.3 is 19.3 Å². The molecule has 0 aromatic carbocycles. The molecule has 1 unspecified atom stereocenters. The van der Waals surface area contributed by atoms with Crippen molar-refractivity contribution in [2.75, 3.05) is 40.4 Å². The van der Waals surface area contributed by atoms with Gasteiger partial charge in [-0.05, 0) is 32.1 Å². The fourth-order valence-electron chi connectivity index (χ4n) is 3.50. The maximum Gasteiger partial charge on any atom is 0.319 e. The zero-order chi connectivity index (χ0) is 17.2. The third kappa shape index (κ3) is 3.77. The van der Waals surface area contributed by atoms with Crippen molar-refractivity contribution >= 4 is 6.03 Å². The second-order valence-electron chi connectivity index (χ2n) is 7.06. The van der Waals surface area contributed by atoms with Crippen molar-refractivity contribution in [2.24, 2.45) is 5.92 Å². The molecule has 0 bridgehead atoms. The Morgan fingerprint density at radius 1 is 1.46 bits per heavy atom. The number of rotatable bonds is 4. The van der Waals surface area contributed by atoms with Gasteiger partial charge in [-0.1, -0.05) is 0 Å². The van der Waals surface area contributed by atoms with Crippen molar-refractivity contribution in [3.05, 3.63) is 18.1 Å². The molecule has 2 fully saturated rings. The summed E-state index contributed by atoms with van der Waals surface area (Å²) in [5.41, 5.74) is 0.718. The molecule has 0 N–H and O–H groups in total. The average molecular weight is 334 g/mol. The fourth-order valence-corrected chi connectivity index (χ4v) is 3.50. The minimum atomic E-state index is -0.141. The number of likely N-dealkylation sites (tertiary alicyclic amines) is 1. The number of hydrogen-bond acceptors (Lipinski definition) is 5. The lowest BCUT2D eigenvalue weighted by atomic mass is 9.79. The van der Waals surface area contributed by atoms with E-state index in [1.54, 1.807) is 31.4 Å². The van der Waals surface area contributed by atoms with Crippen molar-refractivity contribution in [1.82, 2.24) is 19.8 Å². The first kappa shape index (κ1) is 17.0. The van der Waals surface area contributed by atoms with E-state index in [9.17, 15) is 4.79 Å². The van der Waals surface area contributed by atoms with E-state index >= 15 is 0 Å². The highest BCUT2D eigenvalue weighted by atomic mass is 16.5. The summed E-state index contributed by atoms with van der Waals surface area (Å²) < 4.78 is 11.7. The Morgan fingerprint density at radius 2 is 2.25 bits per heavy atom. The van der Waals surface area contributed by atoms with Gasteiger partial charge in [-0.3, -0.25) is 4.98 Å². The zero-order valence-electron chi connectivity index (χ0n) is 14.7. The average Bonchev–Trinajstić information content (AvgIpc) is 2.52. The lowest BCUT2D eigenvalue weighted by Gasteiger charge is -2.53. The molecule has 1 atom stereocenters. The lowest BCUT2D eigenvalue weighted by Crippen LogP contribution is -2.67. The van der Waals surface area contributed by atoms with E-state index in [-0.39, 0.29) is 11.6 Å². The van der Waals surface area contributed by atoms with Crippen molar-refractivity contribution in [3.8, 4) is 5.88 Å². The molecule has 24 heavy (non-hydrogen) atoms. The van der Waals surface area contributed by atoms with Gasteiger partial charge in [-0.25, -0.2) is 9.78 Å². The second-order valence-corrected chi connectivity index (χ2v) is 7.06. The van der Waals surface area contributed by atoms with Crippen LogP contribution in [0.2, 0.25) is 0 Å². The summed E-state index contributed by atoms with van der Waals surface area (Å²) in [6, 6.07) is 0.0627. The standard InChI is InChI=1S/C17H26N4O3/c1-13-9-18-10-15(19-13)23-6-4-14-5-7-24-17(8-14)11-21(12-17)16(22)20(2)3/h9-10,14H,4-8,11-12H2,1-3H3. The van der Waals surface area contributed by atoms with E-state index in [0.29, 0.717) is 31.5 Å². The van der Waals surface area contributed by atoms with Crippen LogP contribution >= 0.6 is 0 Å². The Balaban J connectivity index is 1.44. The van der Waals surface area contributed by atoms with Gasteiger partial charge in [0.25, 0.3) is 0 Å². The molecule has 1 aromatic rings. The van der Waals surface area contributed by atoms with E-state index in [2.05, 4.69) is 9.97 Å². The Bertz CT molecular complexity index is 587. The minimum absolute atomic E-state index is 0.0627. The van der Waals surface area contributed by atoms with E-state index in [1.807, 2.05) is 11.8 Å². The highest BCUT2D eigenvalue weighted by Crippen LogP contribution is 2.38. The van der Waals surface area contributed by atoms with Gasteiger partial charge in [-0.15, -0.1) is 0 Å². The Hall–Kier alpha value is -1.89. The van der Waals surface area contributed by atoms with Crippen LogP contribution in [0.4, 0.5) is 4.79 Å². The van der Waals surface area contributed by atoms with Crippen molar-refractivity contribution < 1.29 is 14.3 Å². The maximum atomic E-state index is 12.0. The van der Waals surface area contributed by atoms with Crippen LogP contribution < -0.4 is 4.74 Å². The van der Waals surface area contributed by atoms with Gasteiger partial charge in [0.2, 0.25) is 5.88 Å². The summed E-state index contributed by atoms with van der Waals surface area (Å²) >= 11 is 0. The number of amides is 2. The van der Waals surface area contributed by atoms with Gasteiger partial charge in [-0.2, -0.15) is 0 Å². The molecule has 0 saturated carbocycles. The lowest BCUT2D eigenvalue weighted by molar-refractivity contribution is -0.167. The topological polar surface area (TPSA) is 67.8 Å². The molecule has 3 heterocycles. The van der Waals surface area contributed by atoms with Crippen LogP contribution in [0.3, 0.4) is 0 Å². The number of nitrogens with zero attached hydrogens (tertiary/aromatic N) is 4. The highest BCUT2D eigenvalue weighted by Gasteiger charge is 2.49. The molecule has 7 heteroatoms. The molecule has 2 aliphatic heterocycles. The predicted molar refractivity (Wildman–Crippen MR) is 88.9 cm³/mol. The number of urea groups is 1. The molecule has 0 radical (unpaired) electrons. The Kier molecular flexibility index (Phi) is 4.89. The third-order valence-electron chi connectivity index (χ3n) is 4.72. The Morgan fingerprint density at radius 3 is 2.96 bits per heavy atom. The van der Waals surface area contributed by atoms with Crippen LogP contribution in [0.5, 0.6) is 5.88 Å². The third-order valence-corrected chi connectivity index (χ3v) is 4.72. The molecule has 2 amide bonds. The van der Waals surface area contributed by atoms with Crippen LogP contribution in [-0.2, 0) is 4.74 Å². The first-order valence-electron chi connectivity index (χ1n) is 8.49.